The van der Waals surface area contributed by atoms with E-state index in [4.69, 9.17) is 0 Å². The van der Waals surface area contributed by atoms with Crippen LogP contribution in [-0.4, -0.2) is 5.97 Å². The van der Waals surface area contributed by atoms with E-state index < -0.39 is 5.97 Å². The molecule has 1 radical (unpaired) electrons. The predicted octanol–water partition coefficient (Wildman–Crippen LogP) is 0.520. The highest BCUT2D eigenvalue weighted by atomic mass is 16.4. The minimum atomic E-state index is -1.14. The van der Waals surface area contributed by atoms with Gasteiger partial charge in [0.1, 0.15) is 0 Å². The first-order valence-electron chi connectivity index (χ1n) is 1.61. The molecule has 0 aliphatic rings. The maximum Gasteiger partial charge on any atom is 0.378 e. The Kier molecular flexibility index (Phi) is 2.13. The van der Waals surface area contributed by atoms with E-state index >= 15 is 0 Å². The molecular formula is C4H5O2. The van der Waals surface area contributed by atoms with Gasteiger partial charge in [-0.25, -0.2) is 9.90 Å². The molecule has 0 spiro atoms. The Balaban J connectivity index is 3.30. The minimum absolute atomic E-state index is 0.972. The van der Waals surface area contributed by atoms with Crippen molar-refractivity contribution in [2.75, 3.05) is 0 Å². The Hall–Kier alpha value is -0.790. The lowest BCUT2D eigenvalue weighted by atomic mass is 10.5. The Bertz CT molecular complexity index is 73.6. The third kappa shape index (κ3) is 3.21. The van der Waals surface area contributed by atoms with Gasteiger partial charge in [0.25, 0.3) is 0 Å². The fourth-order valence-corrected chi connectivity index (χ4v) is 0.136. The molecule has 0 N–H and O–H groups in total. The lowest BCUT2D eigenvalue weighted by molar-refractivity contribution is -0.137. The lowest BCUT2D eigenvalue weighted by Gasteiger charge is -1.62. The molecule has 0 aliphatic heterocycles. The van der Waals surface area contributed by atoms with Gasteiger partial charge in [-0.15, -0.1) is 0 Å². The maximum atomic E-state index is 9.40. The molecule has 0 aliphatic carbocycles. The standard InChI is InChI=1S/C4H5O2/c1-2-3-4(5)6/h2-3H,1H3. The van der Waals surface area contributed by atoms with Gasteiger partial charge in [-0.2, -0.15) is 0 Å². The van der Waals surface area contributed by atoms with Gasteiger partial charge in [-0.3, -0.25) is 0 Å². The van der Waals surface area contributed by atoms with Crippen LogP contribution in [0.1, 0.15) is 6.92 Å². The van der Waals surface area contributed by atoms with Crippen LogP contribution in [0.25, 0.3) is 0 Å². The second-order valence-electron chi connectivity index (χ2n) is 0.819. The summed E-state index contributed by atoms with van der Waals surface area (Å²) < 4.78 is 0. The Morgan fingerprint density at radius 3 is 2.17 bits per heavy atom. The third-order valence-electron chi connectivity index (χ3n) is 0.303. The first-order chi connectivity index (χ1) is 2.77. The van der Waals surface area contributed by atoms with Crippen LogP contribution in [-0.2, 0) is 9.90 Å². The largest absolute Gasteiger partial charge is 0.378 e. The second kappa shape index (κ2) is 2.45. The first kappa shape index (κ1) is 5.21. The van der Waals surface area contributed by atoms with Crippen molar-refractivity contribution in [3.63, 3.8) is 0 Å². The van der Waals surface area contributed by atoms with E-state index in [0.29, 0.717) is 0 Å². The third-order valence-corrected chi connectivity index (χ3v) is 0.303. The van der Waals surface area contributed by atoms with Crippen LogP contribution in [0, 0.1) is 0 Å². The summed E-state index contributed by atoms with van der Waals surface area (Å²) in [5.74, 6) is -1.14. The van der Waals surface area contributed by atoms with Gasteiger partial charge < -0.3 is 0 Å². The molecule has 0 fully saturated rings. The SMILES string of the molecule is CC=CC([O])=O. The molecule has 0 amide bonds. The smallest absolute Gasteiger partial charge is 0.242 e. The van der Waals surface area contributed by atoms with Crippen LogP contribution in [0.15, 0.2) is 12.2 Å². The maximum absolute atomic E-state index is 9.40. The lowest BCUT2D eigenvalue weighted by Crippen LogP contribution is -1.80. The highest BCUT2D eigenvalue weighted by molar-refractivity contribution is 5.79. The van der Waals surface area contributed by atoms with E-state index in [1.807, 2.05) is 0 Å². The van der Waals surface area contributed by atoms with Crippen LogP contribution >= 0.6 is 0 Å². The van der Waals surface area contributed by atoms with Crippen molar-refractivity contribution < 1.29 is 9.90 Å². The van der Waals surface area contributed by atoms with Crippen LogP contribution < -0.4 is 0 Å². The summed E-state index contributed by atoms with van der Waals surface area (Å²) in [6, 6.07) is 0. The molecule has 0 saturated carbocycles. The van der Waals surface area contributed by atoms with Crippen LogP contribution in [0.3, 0.4) is 0 Å². The number of carbonyl (C=O) groups excluding carboxylic acids is 1. The van der Waals surface area contributed by atoms with Gasteiger partial charge in [0.2, 0.25) is 0 Å². The second-order valence-corrected chi connectivity index (χ2v) is 0.819. The van der Waals surface area contributed by atoms with Crippen molar-refractivity contribution in [1.82, 2.24) is 0 Å². The Labute approximate surface area is 36.1 Å². The number of carbonyl (C=O) groups is 1. The number of allylic oxidation sites excluding steroid dienone is 1. The summed E-state index contributed by atoms with van der Waals surface area (Å²) in [6.45, 7) is 1.62. The average molecular weight is 85.1 g/mol. The predicted molar refractivity (Wildman–Crippen MR) is 20.5 cm³/mol. The summed E-state index contributed by atoms with van der Waals surface area (Å²) in [4.78, 5) is 9.40. The zero-order valence-corrected chi connectivity index (χ0v) is 3.47. The molecule has 2 heteroatoms. The van der Waals surface area contributed by atoms with Crippen molar-refractivity contribution in [1.29, 1.82) is 0 Å². The fraction of sp³-hybridized carbons (Fsp3) is 0.250. The Morgan fingerprint density at radius 1 is 1.67 bits per heavy atom. The molecule has 0 heterocycles. The average Bonchev–Trinajstić information content (AvgIpc) is 1.35. The Morgan fingerprint density at radius 2 is 2.17 bits per heavy atom. The molecule has 0 unspecified atom stereocenters. The monoisotopic (exact) mass is 85.0 g/mol. The van der Waals surface area contributed by atoms with Crippen LogP contribution in [0.5, 0.6) is 0 Å². The van der Waals surface area contributed by atoms with Crippen molar-refractivity contribution >= 4 is 5.97 Å². The van der Waals surface area contributed by atoms with E-state index in [0.717, 1.165) is 6.08 Å². The minimum Gasteiger partial charge on any atom is -0.242 e. The summed E-state index contributed by atoms with van der Waals surface area (Å²) in [5.41, 5.74) is 0. The van der Waals surface area contributed by atoms with Gasteiger partial charge in [0, 0.05) is 6.08 Å². The molecule has 0 aromatic carbocycles. The quantitative estimate of drug-likeness (QED) is 0.427. The zero-order valence-electron chi connectivity index (χ0n) is 3.47. The molecule has 0 saturated heterocycles. The van der Waals surface area contributed by atoms with E-state index in [9.17, 15) is 9.90 Å². The molecule has 0 aromatic rings. The van der Waals surface area contributed by atoms with Gasteiger partial charge in [-0.05, 0) is 6.92 Å². The van der Waals surface area contributed by atoms with Crippen LogP contribution in [0.4, 0.5) is 0 Å². The molecule has 2 nitrogen and oxygen atoms in total. The summed E-state index contributed by atoms with van der Waals surface area (Å²) >= 11 is 0. The number of hydrogen-bond acceptors (Lipinski definition) is 1. The highest BCUT2D eigenvalue weighted by Crippen LogP contribution is 1.66. The normalized spacial score (nSPS) is 9.50. The molecule has 0 atom stereocenters. The molecule has 6 heavy (non-hydrogen) atoms. The fourth-order valence-electron chi connectivity index (χ4n) is 0.136. The van der Waals surface area contributed by atoms with Crippen molar-refractivity contribution in [2.24, 2.45) is 0 Å². The molecular weight excluding hydrogens is 80.0 g/mol. The van der Waals surface area contributed by atoms with Crippen molar-refractivity contribution in [3.05, 3.63) is 12.2 Å². The molecule has 33 valence electrons. The van der Waals surface area contributed by atoms with E-state index in [2.05, 4.69) is 0 Å². The molecule has 0 aromatic heterocycles. The number of hydrogen-bond donors (Lipinski definition) is 0. The highest BCUT2D eigenvalue weighted by Gasteiger charge is 1.81. The van der Waals surface area contributed by atoms with Crippen LogP contribution in [0.2, 0.25) is 0 Å². The van der Waals surface area contributed by atoms with Crippen molar-refractivity contribution in [2.45, 2.75) is 6.92 Å². The summed E-state index contributed by atoms with van der Waals surface area (Å²) in [6.07, 6.45) is 2.38. The van der Waals surface area contributed by atoms with Gasteiger partial charge in [-0.1, -0.05) is 6.08 Å². The summed E-state index contributed by atoms with van der Waals surface area (Å²) in [7, 11) is 0. The number of rotatable bonds is 1. The first-order valence-corrected chi connectivity index (χ1v) is 1.61. The van der Waals surface area contributed by atoms with E-state index in [1.54, 1.807) is 6.92 Å². The molecule has 0 bridgehead atoms. The van der Waals surface area contributed by atoms with Crippen molar-refractivity contribution in [3.8, 4) is 0 Å². The van der Waals surface area contributed by atoms with Gasteiger partial charge in [0.15, 0.2) is 0 Å². The van der Waals surface area contributed by atoms with E-state index in [-0.39, 0.29) is 0 Å². The summed E-state index contributed by atoms with van der Waals surface area (Å²) in [5, 5.41) is 9.40. The van der Waals surface area contributed by atoms with E-state index in [1.165, 1.54) is 6.08 Å². The molecule has 0 rings (SSSR count). The van der Waals surface area contributed by atoms with Gasteiger partial charge in [0.05, 0.1) is 0 Å². The zero-order chi connectivity index (χ0) is 4.99. The van der Waals surface area contributed by atoms with Gasteiger partial charge >= 0.3 is 5.97 Å². The topological polar surface area (TPSA) is 37.0 Å².